The maximum Gasteiger partial charge on any atom is 0.339 e. The summed E-state index contributed by atoms with van der Waals surface area (Å²) in [6.45, 7) is 1.84. The first-order chi connectivity index (χ1) is 17.5. The number of hydrogen-bond donors (Lipinski definition) is 4. The van der Waals surface area contributed by atoms with Gasteiger partial charge in [-0.25, -0.2) is 4.79 Å². The number of halogens is 1. The molecule has 4 rings (SSSR count). The monoisotopic (exact) mass is 508 g/mol. The van der Waals surface area contributed by atoms with Gasteiger partial charge in [-0.05, 0) is 78.8 Å². The van der Waals surface area contributed by atoms with Gasteiger partial charge >= 0.3 is 5.97 Å². The van der Waals surface area contributed by atoms with Crippen molar-refractivity contribution in [1.29, 1.82) is 0 Å². The van der Waals surface area contributed by atoms with Gasteiger partial charge in [0.1, 0.15) is 11.3 Å². The van der Waals surface area contributed by atoms with Crippen molar-refractivity contribution in [3.63, 3.8) is 0 Å². The molecule has 36 heavy (non-hydrogen) atoms. The molecule has 6 nitrogen and oxygen atoms in total. The summed E-state index contributed by atoms with van der Waals surface area (Å²) in [7, 11) is 0. The van der Waals surface area contributed by atoms with Crippen molar-refractivity contribution in [1.82, 2.24) is 5.32 Å². The fourth-order valence-corrected chi connectivity index (χ4v) is 4.68. The summed E-state index contributed by atoms with van der Waals surface area (Å²) in [5, 5.41) is 27.1. The van der Waals surface area contributed by atoms with E-state index < -0.39 is 12.1 Å². The fraction of sp³-hybridized carbons (Fsp3) is 0.345. The number of aliphatic hydroxyl groups excluding tert-OH is 1. The molecule has 0 spiro atoms. The Morgan fingerprint density at radius 3 is 2.44 bits per heavy atom. The van der Waals surface area contributed by atoms with Gasteiger partial charge in [-0.1, -0.05) is 48.4 Å². The molecule has 0 aliphatic heterocycles. The van der Waals surface area contributed by atoms with E-state index in [2.05, 4.69) is 10.6 Å². The zero-order valence-electron chi connectivity index (χ0n) is 20.3. The summed E-state index contributed by atoms with van der Waals surface area (Å²) in [5.41, 5.74) is 3.90. The van der Waals surface area contributed by atoms with Crippen LogP contribution in [-0.4, -0.2) is 41.9 Å². The van der Waals surface area contributed by atoms with Gasteiger partial charge in [0.05, 0.1) is 12.2 Å². The van der Waals surface area contributed by atoms with Crippen LogP contribution in [0.25, 0.3) is 11.1 Å². The molecule has 0 amide bonds. The van der Waals surface area contributed by atoms with Crippen molar-refractivity contribution >= 4 is 23.3 Å². The second-order valence-electron chi connectivity index (χ2n) is 9.17. The van der Waals surface area contributed by atoms with Crippen LogP contribution in [0.5, 0.6) is 5.75 Å². The van der Waals surface area contributed by atoms with E-state index in [1.54, 1.807) is 18.2 Å². The number of carboxylic acid groups (broad SMARTS) is 1. The first-order valence-corrected chi connectivity index (χ1v) is 12.9. The van der Waals surface area contributed by atoms with Gasteiger partial charge in [-0.2, -0.15) is 0 Å². The summed E-state index contributed by atoms with van der Waals surface area (Å²) in [6.07, 6.45) is 4.88. The lowest BCUT2D eigenvalue weighted by atomic mass is 9.97. The molecule has 0 heterocycles. The average molecular weight is 509 g/mol. The van der Waals surface area contributed by atoms with Gasteiger partial charge in [0.25, 0.3) is 0 Å². The van der Waals surface area contributed by atoms with E-state index in [0.717, 1.165) is 48.1 Å². The number of ether oxygens (including phenoxy) is 1. The van der Waals surface area contributed by atoms with Crippen LogP contribution in [0.2, 0.25) is 5.02 Å². The third kappa shape index (κ3) is 7.23. The molecule has 0 saturated heterocycles. The van der Waals surface area contributed by atoms with Crippen LogP contribution >= 0.6 is 11.6 Å². The molecule has 7 heteroatoms. The Kier molecular flexibility index (Phi) is 9.23. The Morgan fingerprint density at radius 2 is 1.72 bits per heavy atom. The lowest BCUT2D eigenvalue weighted by Gasteiger charge is -2.24. The normalized spacial score (nSPS) is 14.8. The standard InChI is InChI=1S/C29H33ClN2O4/c30-23-6-4-5-22(17-23)27(33)19-31-15-16-32-24-12-9-20(10-13-24)21-11-14-26(29(34)35)28(18-21)36-25-7-2-1-3-8-25/h4-6,9-14,17-18,25,27,31-33H,1-3,7-8,15-16,19H2,(H,34,35)/t27-/m0/s1. The largest absolute Gasteiger partial charge is 0.490 e. The molecule has 1 saturated carbocycles. The van der Waals surface area contributed by atoms with Crippen molar-refractivity contribution in [2.75, 3.05) is 25.0 Å². The van der Waals surface area contributed by atoms with Gasteiger partial charge in [-0.3, -0.25) is 0 Å². The summed E-state index contributed by atoms with van der Waals surface area (Å²) in [6, 6.07) is 20.6. The SMILES string of the molecule is O=C(O)c1ccc(-c2ccc(NCCNC[C@H](O)c3cccc(Cl)c3)cc2)cc1OC1CCCCC1. The molecule has 1 aliphatic rings. The highest BCUT2D eigenvalue weighted by Gasteiger charge is 2.19. The molecule has 0 aromatic heterocycles. The van der Waals surface area contributed by atoms with Gasteiger partial charge in [-0.15, -0.1) is 0 Å². The lowest BCUT2D eigenvalue weighted by molar-refractivity contribution is 0.0686. The van der Waals surface area contributed by atoms with Gasteiger partial charge in [0.2, 0.25) is 0 Å². The molecule has 3 aromatic carbocycles. The molecule has 1 aliphatic carbocycles. The van der Waals surface area contributed by atoms with Crippen LogP contribution in [0.4, 0.5) is 5.69 Å². The van der Waals surface area contributed by atoms with Crippen LogP contribution in [0.15, 0.2) is 66.7 Å². The van der Waals surface area contributed by atoms with E-state index in [0.29, 0.717) is 30.4 Å². The Hall–Kier alpha value is -3.06. The van der Waals surface area contributed by atoms with Crippen LogP contribution in [0.1, 0.15) is 54.1 Å². The van der Waals surface area contributed by atoms with E-state index in [1.807, 2.05) is 48.5 Å². The number of carboxylic acids is 1. The minimum Gasteiger partial charge on any atom is -0.490 e. The molecule has 1 fully saturated rings. The summed E-state index contributed by atoms with van der Waals surface area (Å²) in [4.78, 5) is 11.7. The maximum atomic E-state index is 11.7. The smallest absolute Gasteiger partial charge is 0.339 e. The predicted molar refractivity (Wildman–Crippen MR) is 144 cm³/mol. The number of rotatable bonds is 11. The zero-order valence-corrected chi connectivity index (χ0v) is 21.0. The number of anilines is 1. The van der Waals surface area contributed by atoms with Crippen LogP contribution in [0.3, 0.4) is 0 Å². The van der Waals surface area contributed by atoms with Gasteiger partial charge in [0.15, 0.2) is 0 Å². The molecule has 190 valence electrons. The molecule has 0 radical (unpaired) electrons. The van der Waals surface area contributed by atoms with Crippen LogP contribution < -0.4 is 15.4 Å². The predicted octanol–water partition coefficient (Wildman–Crippen LogP) is 6.15. The highest BCUT2D eigenvalue weighted by atomic mass is 35.5. The number of hydrogen-bond acceptors (Lipinski definition) is 5. The highest BCUT2D eigenvalue weighted by Crippen LogP contribution is 2.31. The Bertz CT molecular complexity index is 1150. The minimum absolute atomic E-state index is 0.0823. The molecular formula is C29H33ClN2O4. The molecule has 1 atom stereocenters. The molecule has 0 bridgehead atoms. The van der Waals surface area contributed by atoms with E-state index >= 15 is 0 Å². The summed E-state index contributed by atoms with van der Waals surface area (Å²) in [5.74, 6) is -0.527. The molecule has 3 aromatic rings. The Balaban J connectivity index is 1.30. The van der Waals surface area contributed by atoms with Crippen molar-refractivity contribution < 1.29 is 19.7 Å². The van der Waals surface area contributed by atoms with Gasteiger partial charge < -0.3 is 25.6 Å². The van der Waals surface area contributed by atoms with Gasteiger partial charge in [0, 0.05) is 30.3 Å². The molecular weight excluding hydrogens is 476 g/mol. The van der Waals surface area contributed by atoms with Crippen molar-refractivity contribution in [2.24, 2.45) is 0 Å². The highest BCUT2D eigenvalue weighted by molar-refractivity contribution is 6.30. The van der Waals surface area contributed by atoms with Crippen molar-refractivity contribution in [3.05, 3.63) is 82.9 Å². The third-order valence-electron chi connectivity index (χ3n) is 6.48. The number of benzene rings is 3. The molecule has 0 unspecified atom stereocenters. The van der Waals surface area contributed by atoms with E-state index in [9.17, 15) is 15.0 Å². The second kappa shape index (κ2) is 12.8. The van der Waals surface area contributed by atoms with E-state index in [4.69, 9.17) is 16.3 Å². The number of aromatic carboxylic acids is 1. The lowest BCUT2D eigenvalue weighted by Crippen LogP contribution is -2.26. The first-order valence-electron chi connectivity index (χ1n) is 12.5. The average Bonchev–Trinajstić information content (AvgIpc) is 2.89. The fourth-order valence-electron chi connectivity index (χ4n) is 4.48. The maximum absolute atomic E-state index is 11.7. The van der Waals surface area contributed by atoms with Crippen molar-refractivity contribution in [3.8, 4) is 16.9 Å². The zero-order chi connectivity index (χ0) is 25.3. The number of carbonyl (C=O) groups is 1. The molecule has 4 N–H and O–H groups in total. The summed E-state index contributed by atoms with van der Waals surface area (Å²) < 4.78 is 6.14. The van der Waals surface area contributed by atoms with E-state index in [-0.39, 0.29) is 11.7 Å². The topological polar surface area (TPSA) is 90.8 Å². The quantitative estimate of drug-likeness (QED) is 0.232. The van der Waals surface area contributed by atoms with Crippen LogP contribution in [-0.2, 0) is 0 Å². The van der Waals surface area contributed by atoms with E-state index in [1.165, 1.54) is 6.42 Å². The van der Waals surface area contributed by atoms with Crippen LogP contribution in [0, 0.1) is 0 Å². The minimum atomic E-state index is -0.972. The summed E-state index contributed by atoms with van der Waals surface area (Å²) >= 11 is 5.99. The second-order valence-corrected chi connectivity index (χ2v) is 9.61. The third-order valence-corrected chi connectivity index (χ3v) is 6.71. The Morgan fingerprint density at radius 1 is 0.972 bits per heavy atom. The number of nitrogens with one attached hydrogen (secondary N) is 2. The Labute approximate surface area is 217 Å². The number of aliphatic hydroxyl groups is 1. The first kappa shape index (κ1) is 26.0. The van der Waals surface area contributed by atoms with Crippen molar-refractivity contribution in [2.45, 2.75) is 44.3 Å².